The zero-order chi connectivity index (χ0) is 9.97. The fourth-order valence-electron chi connectivity index (χ4n) is 2.18. The maximum Gasteiger partial charge on any atom is 0.125 e. The molecule has 0 aromatic rings. The molecule has 2 aliphatic heterocycles. The lowest BCUT2D eigenvalue weighted by Gasteiger charge is -2.40. The van der Waals surface area contributed by atoms with Gasteiger partial charge in [0.25, 0.3) is 0 Å². The average molecular weight is 199 g/mol. The summed E-state index contributed by atoms with van der Waals surface area (Å²) in [6.07, 6.45) is 0.811. The normalized spacial score (nSPS) is 41.1. The van der Waals surface area contributed by atoms with Crippen molar-refractivity contribution in [2.75, 3.05) is 32.8 Å². The van der Waals surface area contributed by atoms with Crippen LogP contribution in [0.25, 0.3) is 0 Å². The van der Waals surface area contributed by atoms with Gasteiger partial charge >= 0.3 is 0 Å². The molecule has 0 aromatic heterocycles. The van der Waals surface area contributed by atoms with E-state index in [-0.39, 0.29) is 6.23 Å². The number of rotatable bonds is 1. The van der Waals surface area contributed by atoms with Crippen LogP contribution in [0.15, 0.2) is 0 Å². The molecule has 2 heterocycles. The van der Waals surface area contributed by atoms with Crippen molar-refractivity contribution >= 4 is 0 Å². The zero-order valence-corrected chi connectivity index (χ0v) is 8.98. The maximum absolute atomic E-state index is 5.69. The van der Waals surface area contributed by atoms with Gasteiger partial charge in [-0.3, -0.25) is 4.90 Å². The van der Waals surface area contributed by atoms with Crippen LogP contribution in [-0.2, 0) is 9.47 Å². The van der Waals surface area contributed by atoms with E-state index in [1.807, 2.05) is 0 Å². The first-order valence-corrected chi connectivity index (χ1v) is 5.40. The van der Waals surface area contributed by atoms with Crippen LogP contribution in [-0.4, -0.2) is 56.1 Å². The van der Waals surface area contributed by atoms with Gasteiger partial charge in [-0.2, -0.15) is 0 Å². The van der Waals surface area contributed by atoms with Crippen molar-refractivity contribution in [3.05, 3.63) is 0 Å². The number of ether oxygens (including phenoxy) is 2. The molecular formula is C10H19N2O2. The lowest BCUT2D eigenvalue weighted by atomic mass is 10.2. The smallest absolute Gasteiger partial charge is 0.125 e. The summed E-state index contributed by atoms with van der Waals surface area (Å²) in [6.45, 7) is 8.59. The van der Waals surface area contributed by atoms with E-state index < -0.39 is 0 Å². The first-order chi connectivity index (χ1) is 6.75. The highest BCUT2D eigenvalue weighted by atomic mass is 16.5. The Morgan fingerprint density at radius 3 is 2.50 bits per heavy atom. The van der Waals surface area contributed by atoms with Crippen LogP contribution in [0.5, 0.6) is 0 Å². The number of morpholine rings is 2. The topological polar surface area (TPSA) is 35.8 Å². The van der Waals surface area contributed by atoms with Gasteiger partial charge in [0, 0.05) is 19.6 Å². The Hall–Kier alpha value is -0.160. The van der Waals surface area contributed by atoms with Crippen molar-refractivity contribution in [2.45, 2.75) is 32.3 Å². The highest BCUT2D eigenvalue weighted by molar-refractivity contribution is 4.78. The highest BCUT2D eigenvalue weighted by Gasteiger charge is 2.29. The van der Waals surface area contributed by atoms with Crippen LogP contribution < -0.4 is 5.32 Å². The Morgan fingerprint density at radius 1 is 1.21 bits per heavy atom. The summed E-state index contributed by atoms with van der Waals surface area (Å²) < 4.78 is 11.4. The van der Waals surface area contributed by atoms with E-state index in [2.05, 4.69) is 24.1 Å². The molecule has 2 aliphatic rings. The predicted molar refractivity (Wildman–Crippen MR) is 53.2 cm³/mol. The van der Waals surface area contributed by atoms with E-state index in [1.54, 1.807) is 0 Å². The minimum absolute atomic E-state index is 0.192. The lowest BCUT2D eigenvalue weighted by molar-refractivity contribution is -0.146. The zero-order valence-electron chi connectivity index (χ0n) is 8.98. The summed E-state index contributed by atoms with van der Waals surface area (Å²) in [7, 11) is 0. The van der Waals surface area contributed by atoms with E-state index in [9.17, 15) is 0 Å². The second-order valence-electron chi connectivity index (χ2n) is 4.17. The van der Waals surface area contributed by atoms with Crippen LogP contribution in [0.2, 0.25) is 0 Å². The number of hydrogen-bond acceptors (Lipinski definition) is 3. The molecule has 14 heavy (non-hydrogen) atoms. The van der Waals surface area contributed by atoms with Gasteiger partial charge in [0.05, 0.1) is 25.4 Å². The van der Waals surface area contributed by atoms with Crippen LogP contribution in [0.3, 0.4) is 0 Å². The van der Waals surface area contributed by atoms with Crippen molar-refractivity contribution in [2.24, 2.45) is 0 Å². The second-order valence-corrected chi connectivity index (χ2v) is 4.17. The predicted octanol–water partition coefficient (Wildman–Crippen LogP) is 0.0563. The summed E-state index contributed by atoms with van der Waals surface area (Å²) in [6, 6.07) is 0. The third-order valence-electron chi connectivity index (χ3n) is 2.70. The summed E-state index contributed by atoms with van der Waals surface area (Å²) in [4.78, 5) is 2.35. The van der Waals surface area contributed by atoms with Crippen molar-refractivity contribution in [1.29, 1.82) is 0 Å². The first-order valence-electron chi connectivity index (χ1n) is 5.40. The van der Waals surface area contributed by atoms with E-state index in [0.717, 1.165) is 32.8 Å². The van der Waals surface area contributed by atoms with Gasteiger partial charge in [-0.15, -0.1) is 0 Å². The van der Waals surface area contributed by atoms with Gasteiger partial charge < -0.3 is 9.47 Å². The van der Waals surface area contributed by atoms with Crippen LogP contribution in [0, 0.1) is 0 Å². The van der Waals surface area contributed by atoms with Crippen molar-refractivity contribution < 1.29 is 9.47 Å². The summed E-state index contributed by atoms with van der Waals surface area (Å²) >= 11 is 0. The van der Waals surface area contributed by atoms with E-state index in [0.29, 0.717) is 12.2 Å². The summed E-state index contributed by atoms with van der Waals surface area (Å²) in [5.41, 5.74) is 0. The molecule has 4 nitrogen and oxygen atoms in total. The molecule has 0 spiro atoms. The fourth-order valence-corrected chi connectivity index (χ4v) is 2.18. The monoisotopic (exact) mass is 199 g/mol. The van der Waals surface area contributed by atoms with E-state index in [4.69, 9.17) is 9.47 Å². The van der Waals surface area contributed by atoms with Crippen molar-refractivity contribution in [3.8, 4) is 0 Å². The molecule has 0 aliphatic carbocycles. The first kappa shape index (κ1) is 10.4. The molecule has 3 atom stereocenters. The number of hydrogen-bond donors (Lipinski definition) is 0. The van der Waals surface area contributed by atoms with Gasteiger partial charge in [0.1, 0.15) is 6.23 Å². The van der Waals surface area contributed by atoms with Crippen molar-refractivity contribution in [3.63, 3.8) is 0 Å². The molecular weight excluding hydrogens is 180 g/mol. The van der Waals surface area contributed by atoms with Crippen molar-refractivity contribution in [1.82, 2.24) is 10.2 Å². The fraction of sp³-hybridized carbons (Fsp3) is 1.00. The average Bonchev–Trinajstić information content (AvgIpc) is 2.18. The Kier molecular flexibility index (Phi) is 3.38. The summed E-state index contributed by atoms with van der Waals surface area (Å²) in [5.74, 6) is 0. The van der Waals surface area contributed by atoms with Crippen LogP contribution in [0.4, 0.5) is 0 Å². The molecule has 4 heteroatoms. The molecule has 0 N–H and O–H groups in total. The van der Waals surface area contributed by atoms with Crippen LogP contribution in [0.1, 0.15) is 13.8 Å². The molecule has 0 saturated carbocycles. The molecule has 3 unspecified atom stereocenters. The molecule has 0 aromatic carbocycles. The van der Waals surface area contributed by atoms with Gasteiger partial charge in [0.15, 0.2) is 0 Å². The Balaban J connectivity index is 1.88. The number of nitrogens with zero attached hydrogens (tertiary/aromatic N) is 2. The van der Waals surface area contributed by atoms with Gasteiger partial charge in [-0.25, -0.2) is 5.32 Å². The minimum atomic E-state index is 0.192. The standard InChI is InChI=1S/C10H19N2O2/c1-8-6-12(7-9(2)14-8)10-5-11-3-4-13-10/h8-10H,3-7H2,1-2H3. The molecule has 2 fully saturated rings. The molecule has 2 rings (SSSR count). The van der Waals surface area contributed by atoms with E-state index in [1.165, 1.54) is 0 Å². The maximum atomic E-state index is 5.69. The third-order valence-corrected chi connectivity index (χ3v) is 2.70. The second kappa shape index (κ2) is 4.57. The highest BCUT2D eigenvalue weighted by Crippen LogP contribution is 2.15. The Labute approximate surface area is 85.5 Å². The largest absolute Gasteiger partial charge is 0.373 e. The minimum Gasteiger partial charge on any atom is -0.373 e. The SMILES string of the molecule is CC1CN(C2C[N]CCO2)CC(C)O1. The van der Waals surface area contributed by atoms with Gasteiger partial charge in [-0.05, 0) is 13.8 Å². The molecule has 0 amide bonds. The van der Waals surface area contributed by atoms with E-state index >= 15 is 0 Å². The van der Waals surface area contributed by atoms with Gasteiger partial charge in [-0.1, -0.05) is 0 Å². The van der Waals surface area contributed by atoms with Gasteiger partial charge in [0.2, 0.25) is 0 Å². The lowest BCUT2D eigenvalue weighted by Crippen LogP contribution is -2.55. The molecule has 0 bridgehead atoms. The van der Waals surface area contributed by atoms with Crippen LogP contribution >= 0.6 is 0 Å². The third kappa shape index (κ3) is 2.45. The quantitative estimate of drug-likeness (QED) is 0.599. The molecule has 2 saturated heterocycles. The summed E-state index contributed by atoms with van der Waals surface area (Å²) in [5, 5.41) is 4.38. The molecule has 81 valence electrons. The Bertz CT molecular complexity index is 173. The Morgan fingerprint density at radius 2 is 1.93 bits per heavy atom. The molecule has 1 radical (unpaired) electrons.